The molecule has 1 fully saturated rings. The van der Waals surface area contributed by atoms with Gasteiger partial charge in [-0.25, -0.2) is 24.3 Å². The standard InChI is InChI=1S/C49H60ClF2N11O5/c1-31-8-7-22-63(31)47(66)45(49(2,3)4)60-41(64)11-6-18-54-19-20-55-29-36(62-53)30-68-25-24-67-23-21-56-46(65)32-12-15-35(16-13-32)59-48-58-28-33-27-57-44(42-39(51)9-5-10-40(42)52)38-26-34(50)14-17-37(38)43(33)61-48/h5,9-10,12-17,26,28-29,31,45,53-55H,6-8,11,18-25,27,30H2,1-4H3,(H,56,65)(H,60,64)(H,58,59,61)/b36-29-,62-53?/t31-,45?/m1/s1. The fourth-order valence-electron chi connectivity index (χ4n) is 7.76. The smallest absolute Gasteiger partial charge is 0.251 e. The van der Waals surface area contributed by atoms with Crippen LogP contribution in [-0.4, -0.2) is 110 Å². The molecule has 6 N–H and O–H groups in total. The zero-order valence-electron chi connectivity index (χ0n) is 38.9. The van der Waals surface area contributed by atoms with Crippen molar-refractivity contribution < 1.29 is 32.6 Å². The molecule has 0 bridgehead atoms. The molecule has 3 aromatic carbocycles. The number of halogens is 3. The van der Waals surface area contributed by atoms with E-state index in [9.17, 15) is 23.2 Å². The number of anilines is 2. The summed E-state index contributed by atoms with van der Waals surface area (Å²) in [5.74, 6) is -1.62. The van der Waals surface area contributed by atoms with Crippen molar-refractivity contribution in [2.45, 2.75) is 72.0 Å². The molecular weight excluding hydrogens is 896 g/mol. The molecule has 19 heteroatoms. The van der Waals surface area contributed by atoms with Crippen LogP contribution in [-0.2, 0) is 25.6 Å². The van der Waals surface area contributed by atoms with E-state index >= 15 is 0 Å². The van der Waals surface area contributed by atoms with Gasteiger partial charge < -0.3 is 41.0 Å². The maximum Gasteiger partial charge on any atom is 0.251 e. The predicted octanol–water partition coefficient (Wildman–Crippen LogP) is 7.31. The molecule has 16 nitrogen and oxygen atoms in total. The number of aliphatic imine (C=N–C) groups is 1. The van der Waals surface area contributed by atoms with E-state index in [1.54, 1.807) is 54.9 Å². The average molecular weight is 957 g/mol. The number of rotatable bonds is 23. The van der Waals surface area contributed by atoms with Gasteiger partial charge in [-0.05, 0) is 86.7 Å². The number of ether oxygens (including phenoxy) is 2. The molecule has 4 aromatic rings. The Morgan fingerprint density at radius 1 is 0.985 bits per heavy atom. The summed E-state index contributed by atoms with van der Waals surface area (Å²) in [4.78, 5) is 54.4. The number of likely N-dealkylation sites (tertiary alicyclic amines) is 1. The summed E-state index contributed by atoms with van der Waals surface area (Å²) < 4.78 is 41.0. The van der Waals surface area contributed by atoms with Gasteiger partial charge in [0.2, 0.25) is 17.8 Å². The summed E-state index contributed by atoms with van der Waals surface area (Å²) in [5, 5.41) is 19.3. The van der Waals surface area contributed by atoms with Crippen molar-refractivity contribution >= 4 is 46.7 Å². The topological polar surface area (TPSA) is 207 Å². The summed E-state index contributed by atoms with van der Waals surface area (Å²) in [6.45, 7) is 11.9. The minimum Gasteiger partial charge on any atom is -0.388 e. The molecule has 68 heavy (non-hydrogen) atoms. The first-order chi connectivity index (χ1) is 32.7. The molecule has 0 aliphatic carbocycles. The minimum absolute atomic E-state index is 0.00292. The van der Waals surface area contributed by atoms with Crippen LogP contribution in [0.3, 0.4) is 0 Å². The van der Waals surface area contributed by atoms with Crippen molar-refractivity contribution in [1.82, 2.24) is 36.1 Å². The molecule has 6 rings (SSSR count). The largest absolute Gasteiger partial charge is 0.388 e. The molecule has 362 valence electrons. The van der Waals surface area contributed by atoms with E-state index in [-0.39, 0.29) is 80.5 Å². The molecule has 0 spiro atoms. The lowest BCUT2D eigenvalue weighted by Crippen LogP contribution is -2.55. The maximum absolute atomic E-state index is 14.9. The van der Waals surface area contributed by atoms with E-state index in [1.165, 1.54) is 18.2 Å². The Bertz CT molecular complexity index is 2450. The highest BCUT2D eigenvalue weighted by Gasteiger charge is 2.38. The molecular formula is C49H60ClF2N11O5. The number of nitrogens with zero attached hydrogens (tertiary/aromatic N) is 5. The van der Waals surface area contributed by atoms with Crippen LogP contribution >= 0.6 is 11.6 Å². The summed E-state index contributed by atoms with van der Waals surface area (Å²) in [6.07, 6.45) is 6.17. The van der Waals surface area contributed by atoms with Gasteiger partial charge in [0.25, 0.3) is 5.91 Å². The number of carbonyl (C=O) groups is 3. The van der Waals surface area contributed by atoms with Crippen molar-refractivity contribution in [2.75, 3.05) is 64.5 Å². The van der Waals surface area contributed by atoms with Crippen LogP contribution < -0.4 is 26.6 Å². The number of amides is 3. The van der Waals surface area contributed by atoms with E-state index in [0.29, 0.717) is 76.8 Å². The second-order valence-corrected chi connectivity index (χ2v) is 18.0. The summed E-state index contributed by atoms with van der Waals surface area (Å²) in [7, 11) is 0. The molecule has 1 aromatic heterocycles. The first-order valence-corrected chi connectivity index (χ1v) is 23.2. The van der Waals surface area contributed by atoms with Gasteiger partial charge in [-0.3, -0.25) is 19.4 Å². The lowest BCUT2D eigenvalue weighted by atomic mass is 9.85. The van der Waals surface area contributed by atoms with Crippen LogP contribution in [0, 0.1) is 22.6 Å². The Balaban J connectivity index is 0.834. The number of hydrogen-bond donors (Lipinski definition) is 6. The van der Waals surface area contributed by atoms with Gasteiger partial charge >= 0.3 is 0 Å². The van der Waals surface area contributed by atoms with E-state index in [4.69, 9.17) is 31.6 Å². The van der Waals surface area contributed by atoms with Gasteiger partial charge in [-0.1, -0.05) is 44.5 Å². The molecule has 3 amide bonds. The van der Waals surface area contributed by atoms with E-state index in [1.807, 2.05) is 25.7 Å². The van der Waals surface area contributed by atoms with E-state index < -0.39 is 23.1 Å². The van der Waals surface area contributed by atoms with Crippen LogP contribution in [0.2, 0.25) is 5.02 Å². The van der Waals surface area contributed by atoms with Gasteiger partial charge in [0.15, 0.2) is 0 Å². The molecule has 1 unspecified atom stereocenters. The molecule has 2 aliphatic rings. The highest BCUT2D eigenvalue weighted by molar-refractivity contribution is 6.31. The number of fused-ring (bicyclic) bond motifs is 3. The molecule has 2 aliphatic heterocycles. The number of hydrogen-bond acceptors (Lipinski definition) is 13. The third kappa shape index (κ3) is 14.2. The van der Waals surface area contributed by atoms with Gasteiger partial charge in [0.1, 0.15) is 23.4 Å². The first kappa shape index (κ1) is 51.2. The monoisotopic (exact) mass is 955 g/mol. The van der Waals surface area contributed by atoms with Crippen LogP contribution in [0.25, 0.3) is 11.3 Å². The van der Waals surface area contributed by atoms with Crippen molar-refractivity contribution in [3.05, 3.63) is 118 Å². The number of benzene rings is 3. The predicted molar refractivity (Wildman–Crippen MR) is 257 cm³/mol. The molecule has 0 saturated carbocycles. The van der Waals surface area contributed by atoms with Crippen molar-refractivity contribution in [2.24, 2.45) is 15.5 Å². The van der Waals surface area contributed by atoms with Gasteiger partial charge in [-0.15, -0.1) is 0 Å². The summed E-state index contributed by atoms with van der Waals surface area (Å²) >= 11 is 6.34. The SMILES string of the molecule is C[C@@H]1CCCN1C(=O)C(NC(=O)CCCNCCN/C=C(/COCCOCCNC(=O)c1ccc(Nc2ncc3c(n2)-c2ccc(Cl)cc2C(c2c(F)cccc2F)=NC3)cc1)N=N)C(C)(C)C. The van der Waals surface area contributed by atoms with Crippen molar-refractivity contribution in [3.8, 4) is 11.3 Å². The Hall–Kier alpha value is -6.21. The third-order valence-corrected chi connectivity index (χ3v) is 11.6. The Morgan fingerprint density at radius 3 is 2.47 bits per heavy atom. The lowest BCUT2D eigenvalue weighted by molar-refractivity contribution is -0.140. The van der Waals surface area contributed by atoms with E-state index in [2.05, 4.69) is 48.6 Å². The fraction of sp³-hybridized carbons (Fsp3) is 0.429. The lowest BCUT2D eigenvalue weighted by Gasteiger charge is -2.35. The molecule has 3 heterocycles. The van der Waals surface area contributed by atoms with Crippen LogP contribution in [0.5, 0.6) is 0 Å². The Kier molecular flexibility index (Phi) is 18.6. The molecule has 1 saturated heterocycles. The van der Waals surface area contributed by atoms with Gasteiger partial charge in [-0.2, -0.15) is 5.11 Å². The highest BCUT2D eigenvalue weighted by atomic mass is 35.5. The number of carbonyl (C=O) groups excluding carboxylic acids is 3. The number of aromatic nitrogens is 2. The van der Waals surface area contributed by atoms with Crippen LogP contribution in [0.4, 0.5) is 20.4 Å². The Labute approximate surface area is 400 Å². The zero-order valence-corrected chi connectivity index (χ0v) is 39.6. The maximum atomic E-state index is 14.9. The zero-order chi connectivity index (χ0) is 48.6. The summed E-state index contributed by atoms with van der Waals surface area (Å²) in [5.41, 5.74) is 10.6. The van der Waals surface area contributed by atoms with Gasteiger partial charge in [0, 0.05) is 84.0 Å². The van der Waals surface area contributed by atoms with Crippen LogP contribution in [0.1, 0.15) is 80.4 Å². The quantitative estimate of drug-likeness (QED) is 0.0323. The average Bonchev–Trinajstić information content (AvgIpc) is 3.68. The highest BCUT2D eigenvalue weighted by Crippen LogP contribution is 2.35. The first-order valence-electron chi connectivity index (χ1n) is 22.8. The summed E-state index contributed by atoms with van der Waals surface area (Å²) in [6, 6.07) is 15.1. The Morgan fingerprint density at radius 2 is 1.75 bits per heavy atom. The second-order valence-electron chi connectivity index (χ2n) is 17.6. The molecule has 0 radical (unpaired) electrons. The normalized spacial score (nSPS) is 15.1. The van der Waals surface area contributed by atoms with Crippen molar-refractivity contribution in [1.29, 1.82) is 5.53 Å². The van der Waals surface area contributed by atoms with Gasteiger partial charge in [0.05, 0.1) is 49.9 Å². The van der Waals surface area contributed by atoms with E-state index in [0.717, 1.165) is 19.4 Å². The fourth-order valence-corrected chi connectivity index (χ4v) is 7.93. The number of nitrogens with one attached hydrogen (secondary N) is 6. The minimum atomic E-state index is -0.739. The third-order valence-electron chi connectivity index (χ3n) is 11.4. The molecule has 2 atom stereocenters. The van der Waals surface area contributed by atoms with Crippen LogP contribution in [0.15, 0.2) is 88.9 Å². The van der Waals surface area contributed by atoms with Crippen molar-refractivity contribution in [3.63, 3.8) is 0 Å². The second kappa shape index (κ2) is 24.7.